The van der Waals surface area contributed by atoms with Gasteiger partial charge < -0.3 is 5.32 Å². The summed E-state index contributed by atoms with van der Waals surface area (Å²) < 4.78 is 0. The number of hydrazone groups is 1. The van der Waals surface area contributed by atoms with Crippen molar-refractivity contribution < 1.29 is 9.59 Å². The number of aromatic nitrogens is 2. The molecule has 1 heterocycles. The quantitative estimate of drug-likeness (QED) is 0.452. The molecule has 3 aromatic rings. The number of hydrogen-bond acceptors (Lipinski definition) is 4. The minimum absolute atomic E-state index is 0.199. The summed E-state index contributed by atoms with van der Waals surface area (Å²) in [6.07, 6.45) is 3.10. The average molecular weight is 382 g/mol. The Labute approximate surface area is 160 Å². The van der Waals surface area contributed by atoms with Crippen LogP contribution in [0.3, 0.4) is 0 Å². The number of aromatic amines is 1. The summed E-state index contributed by atoms with van der Waals surface area (Å²) in [5.74, 6) is -0.815. The third-order valence-corrected chi connectivity index (χ3v) is 3.89. The molecule has 2 amide bonds. The van der Waals surface area contributed by atoms with E-state index in [2.05, 4.69) is 26.0 Å². The number of nitrogens with zero attached hydrogens (tertiary/aromatic N) is 2. The van der Waals surface area contributed by atoms with E-state index in [1.807, 2.05) is 30.3 Å². The summed E-state index contributed by atoms with van der Waals surface area (Å²) in [4.78, 5) is 23.8. The number of halogens is 1. The predicted molar refractivity (Wildman–Crippen MR) is 104 cm³/mol. The van der Waals surface area contributed by atoms with E-state index in [1.54, 1.807) is 30.5 Å². The van der Waals surface area contributed by atoms with Gasteiger partial charge in [0.05, 0.1) is 24.7 Å². The van der Waals surface area contributed by atoms with Crippen LogP contribution in [0.15, 0.2) is 65.9 Å². The zero-order valence-electron chi connectivity index (χ0n) is 14.1. The van der Waals surface area contributed by atoms with Crippen LogP contribution in [0, 0.1) is 0 Å². The Balaban J connectivity index is 1.52. The summed E-state index contributed by atoms with van der Waals surface area (Å²) in [5, 5.41) is 13.9. The molecular formula is C19H16ClN5O2. The molecule has 2 aromatic carbocycles. The van der Waals surface area contributed by atoms with E-state index in [4.69, 9.17) is 11.6 Å². The normalized spacial score (nSPS) is 10.7. The largest absolute Gasteiger partial charge is 0.343 e. The van der Waals surface area contributed by atoms with Gasteiger partial charge in [-0.15, -0.1) is 0 Å². The van der Waals surface area contributed by atoms with Crippen molar-refractivity contribution in [2.24, 2.45) is 5.10 Å². The molecule has 0 spiro atoms. The Kier molecular flexibility index (Phi) is 5.96. The molecule has 136 valence electrons. The Hall–Kier alpha value is -3.45. The molecule has 0 unspecified atom stereocenters. The molecule has 0 aliphatic rings. The average Bonchev–Trinajstić information content (AvgIpc) is 3.16. The molecule has 3 N–H and O–H groups in total. The van der Waals surface area contributed by atoms with E-state index in [0.717, 1.165) is 16.8 Å². The zero-order valence-corrected chi connectivity index (χ0v) is 14.9. The molecule has 8 heteroatoms. The molecule has 0 aliphatic carbocycles. The van der Waals surface area contributed by atoms with Crippen molar-refractivity contribution in [3.63, 3.8) is 0 Å². The molecule has 0 saturated heterocycles. The van der Waals surface area contributed by atoms with Gasteiger partial charge in [0, 0.05) is 21.7 Å². The topological polar surface area (TPSA) is 99.2 Å². The van der Waals surface area contributed by atoms with Crippen LogP contribution in [0.2, 0.25) is 5.02 Å². The minimum Gasteiger partial charge on any atom is -0.343 e. The van der Waals surface area contributed by atoms with Gasteiger partial charge in [-0.2, -0.15) is 10.2 Å². The lowest BCUT2D eigenvalue weighted by atomic mass is 10.1. The van der Waals surface area contributed by atoms with Crippen molar-refractivity contribution in [2.45, 2.75) is 0 Å². The number of benzene rings is 2. The van der Waals surface area contributed by atoms with Crippen molar-refractivity contribution in [1.29, 1.82) is 0 Å². The van der Waals surface area contributed by atoms with Gasteiger partial charge in [0.15, 0.2) is 0 Å². The summed E-state index contributed by atoms with van der Waals surface area (Å²) in [5.41, 5.74) is 5.27. The Morgan fingerprint density at radius 2 is 1.85 bits per heavy atom. The van der Waals surface area contributed by atoms with Gasteiger partial charge in [-0.25, -0.2) is 5.43 Å². The van der Waals surface area contributed by atoms with Gasteiger partial charge in [-0.05, 0) is 24.3 Å². The Morgan fingerprint density at radius 3 is 2.59 bits per heavy atom. The van der Waals surface area contributed by atoms with Crippen LogP contribution in [0.4, 0.5) is 0 Å². The van der Waals surface area contributed by atoms with Crippen LogP contribution in [0.5, 0.6) is 0 Å². The van der Waals surface area contributed by atoms with E-state index < -0.39 is 5.91 Å². The van der Waals surface area contributed by atoms with Crippen LogP contribution in [0.25, 0.3) is 11.3 Å². The Bertz CT molecular complexity index is 952. The van der Waals surface area contributed by atoms with E-state index in [0.29, 0.717) is 10.6 Å². The second kappa shape index (κ2) is 8.77. The van der Waals surface area contributed by atoms with Gasteiger partial charge in [0.2, 0.25) is 0 Å². The number of carbonyl (C=O) groups excluding carboxylic acids is 2. The lowest BCUT2D eigenvalue weighted by molar-refractivity contribution is -0.120. The number of hydrogen-bond donors (Lipinski definition) is 3. The van der Waals surface area contributed by atoms with Crippen LogP contribution < -0.4 is 10.7 Å². The second-order valence-corrected chi connectivity index (χ2v) is 5.99. The lowest BCUT2D eigenvalue weighted by Crippen LogP contribution is -2.34. The van der Waals surface area contributed by atoms with Crippen LogP contribution in [0.1, 0.15) is 15.9 Å². The number of rotatable bonds is 6. The van der Waals surface area contributed by atoms with Gasteiger partial charge in [-0.1, -0.05) is 41.9 Å². The fourth-order valence-electron chi connectivity index (χ4n) is 2.31. The highest BCUT2D eigenvalue weighted by molar-refractivity contribution is 6.30. The molecule has 0 atom stereocenters. The SMILES string of the molecule is O=C(CNC(=O)c1ccc(Cl)cc1)NN=Cc1cn[nH]c1-c1ccccc1. The molecule has 7 nitrogen and oxygen atoms in total. The van der Waals surface area contributed by atoms with Crippen LogP contribution >= 0.6 is 11.6 Å². The highest BCUT2D eigenvalue weighted by Gasteiger charge is 2.08. The van der Waals surface area contributed by atoms with Crippen LogP contribution in [-0.2, 0) is 4.79 Å². The van der Waals surface area contributed by atoms with Crippen molar-refractivity contribution in [1.82, 2.24) is 20.9 Å². The number of nitrogens with one attached hydrogen (secondary N) is 3. The van der Waals surface area contributed by atoms with Crippen molar-refractivity contribution in [3.8, 4) is 11.3 Å². The summed E-state index contributed by atoms with van der Waals surface area (Å²) >= 11 is 5.78. The molecule has 3 rings (SSSR count). The first-order chi connectivity index (χ1) is 13.1. The van der Waals surface area contributed by atoms with Gasteiger partial charge >= 0.3 is 0 Å². The molecule has 0 radical (unpaired) electrons. The maximum atomic E-state index is 11.9. The Morgan fingerprint density at radius 1 is 1.11 bits per heavy atom. The number of carbonyl (C=O) groups is 2. The fourth-order valence-corrected chi connectivity index (χ4v) is 2.43. The van der Waals surface area contributed by atoms with Crippen molar-refractivity contribution >= 4 is 29.6 Å². The van der Waals surface area contributed by atoms with E-state index in [9.17, 15) is 9.59 Å². The monoisotopic (exact) mass is 381 g/mol. The smallest absolute Gasteiger partial charge is 0.259 e. The number of H-pyrrole nitrogens is 1. The van der Waals surface area contributed by atoms with E-state index >= 15 is 0 Å². The van der Waals surface area contributed by atoms with Crippen molar-refractivity contribution in [3.05, 3.63) is 76.9 Å². The maximum Gasteiger partial charge on any atom is 0.259 e. The van der Waals surface area contributed by atoms with Gasteiger partial charge in [-0.3, -0.25) is 14.7 Å². The first kappa shape index (κ1) is 18.3. The first-order valence-corrected chi connectivity index (χ1v) is 8.46. The van der Waals surface area contributed by atoms with Crippen LogP contribution in [-0.4, -0.2) is 34.8 Å². The molecule has 0 aliphatic heterocycles. The molecule has 1 aromatic heterocycles. The standard InChI is InChI=1S/C19H16ClN5O2/c20-16-8-6-14(7-9-16)19(27)21-12-17(26)24-22-10-15-11-23-25-18(15)13-4-2-1-3-5-13/h1-11H,12H2,(H,21,27)(H,23,25)(H,24,26). The molecule has 0 bridgehead atoms. The summed E-state index contributed by atoms with van der Waals surface area (Å²) in [7, 11) is 0. The van der Waals surface area contributed by atoms with Gasteiger partial charge in [0.1, 0.15) is 0 Å². The van der Waals surface area contributed by atoms with E-state index in [1.165, 1.54) is 6.21 Å². The molecular weight excluding hydrogens is 366 g/mol. The third-order valence-electron chi connectivity index (χ3n) is 3.64. The maximum absolute atomic E-state index is 11.9. The first-order valence-electron chi connectivity index (χ1n) is 8.08. The molecule has 0 saturated carbocycles. The van der Waals surface area contributed by atoms with Crippen molar-refractivity contribution in [2.75, 3.05) is 6.54 Å². The summed E-state index contributed by atoms with van der Waals surface area (Å²) in [6, 6.07) is 16.0. The molecule has 27 heavy (non-hydrogen) atoms. The predicted octanol–water partition coefficient (Wildman–Crippen LogP) is 2.61. The lowest BCUT2D eigenvalue weighted by Gasteiger charge is -2.04. The van der Waals surface area contributed by atoms with Gasteiger partial charge in [0.25, 0.3) is 11.8 Å². The number of amides is 2. The highest BCUT2D eigenvalue weighted by atomic mass is 35.5. The zero-order chi connectivity index (χ0) is 19.1. The summed E-state index contributed by atoms with van der Waals surface area (Å²) in [6.45, 7) is -0.199. The second-order valence-electron chi connectivity index (χ2n) is 5.55. The fraction of sp³-hybridized carbons (Fsp3) is 0.0526. The van der Waals surface area contributed by atoms with E-state index in [-0.39, 0.29) is 12.5 Å². The third kappa shape index (κ3) is 5.02. The highest BCUT2D eigenvalue weighted by Crippen LogP contribution is 2.18. The molecule has 0 fully saturated rings. The minimum atomic E-state index is -0.446.